The standard InChI is InChI=1S/C13H25NO2/c1-10-6-7-12(9-11(10)2)14-13(16)5-3-4-8-15/h10-12,15H,3-9H2,1-2H3,(H,14,16). The number of carbonyl (C=O) groups excluding carboxylic acids is 1. The van der Waals surface area contributed by atoms with E-state index < -0.39 is 0 Å². The summed E-state index contributed by atoms with van der Waals surface area (Å²) in [5.41, 5.74) is 0. The molecule has 1 aliphatic carbocycles. The first kappa shape index (κ1) is 13.5. The fourth-order valence-corrected chi connectivity index (χ4v) is 2.38. The molecule has 0 radical (unpaired) electrons. The van der Waals surface area contributed by atoms with Gasteiger partial charge in [0.05, 0.1) is 0 Å². The van der Waals surface area contributed by atoms with Crippen LogP contribution in [-0.4, -0.2) is 23.7 Å². The zero-order valence-corrected chi connectivity index (χ0v) is 10.5. The van der Waals surface area contributed by atoms with Gasteiger partial charge >= 0.3 is 0 Å². The zero-order valence-electron chi connectivity index (χ0n) is 10.5. The first-order valence-corrected chi connectivity index (χ1v) is 6.53. The van der Waals surface area contributed by atoms with Crippen molar-refractivity contribution >= 4 is 5.91 Å². The van der Waals surface area contributed by atoms with E-state index in [-0.39, 0.29) is 12.5 Å². The Morgan fingerprint density at radius 2 is 2.00 bits per heavy atom. The van der Waals surface area contributed by atoms with Crippen molar-refractivity contribution in [2.75, 3.05) is 6.61 Å². The molecule has 1 aliphatic rings. The van der Waals surface area contributed by atoms with E-state index in [2.05, 4.69) is 19.2 Å². The molecule has 94 valence electrons. The molecule has 0 heterocycles. The van der Waals surface area contributed by atoms with E-state index in [4.69, 9.17) is 5.11 Å². The Hall–Kier alpha value is -0.570. The molecule has 0 saturated heterocycles. The summed E-state index contributed by atoms with van der Waals surface area (Å²) in [6.45, 7) is 4.75. The van der Waals surface area contributed by atoms with Crippen molar-refractivity contribution in [3.63, 3.8) is 0 Å². The average Bonchev–Trinajstić information content (AvgIpc) is 2.24. The number of amides is 1. The van der Waals surface area contributed by atoms with E-state index in [0.717, 1.165) is 37.5 Å². The van der Waals surface area contributed by atoms with Crippen molar-refractivity contribution in [1.29, 1.82) is 0 Å². The van der Waals surface area contributed by atoms with Crippen LogP contribution in [0.2, 0.25) is 0 Å². The van der Waals surface area contributed by atoms with Crippen molar-refractivity contribution in [2.45, 2.75) is 58.4 Å². The molecule has 16 heavy (non-hydrogen) atoms. The van der Waals surface area contributed by atoms with E-state index in [9.17, 15) is 4.79 Å². The van der Waals surface area contributed by atoms with Gasteiger partial charge in [-0.25, -0.2) is 0 Å². The Balaban J connectivity index is 2.19. The Bertz CT molecular complexity index is 218. The van der Waals surface area contributed by atoms with Crippen molar-refractivity contribution < 1.29 is 9.90 Å². The fraction of sp³-hybridized carbons (Fsp3) is 0.923. The monoisotopic (exact) mass is 227 g/mol. The minimum atomic E-state index is 0.153. The third-order valence-electron chi connectivity index (χ3n) is 3.78. The molecule has 0 aromatic carbocycles. The molecule has 0 aromatic heterocycles. The predicted octanol–water partition coefficient (Wildman–Crippen LogP) is 2.09. The van der Waals surface area contributed by atoms with Gasteiger partial charge in [0.1, 0.15) is 0 Å². The van der Waals surface area contributed by atoms with Gasteiger partial charge in [-0.05, 0) is 43.9 Å². The van der Waals surface area contributed by atoms with Crippen molar-refractivity contribution in [3.8, 4) is 0 Å². The highest BCUT2D eigenvalue weighted by atomic mass is 16.2. The second-order valence-electron chi connectivity index (χ2n) is 5.21. The number of hydrogen-bond acceptors (Lipinski definition) is 2. The average molecular weight is 227 g/mol. The second-order valence-corrected chi connectivity index (χ2v) is 5.21. The summed E-state index contributed by atoms with van der Waals surface area (Å²) < 4.78 is 0. The van der Waals surface area contributed by atoms with Gasteiger partial charge in [0.15, 0.2) is 0 Å². The van der Waals surface area contributed by atoms with Crippen LogP contribution in [0, 0.1) is 11.8 Å². The van der Waals surface area contributed by atoms with Gasteiger partial charge in [0.2, 0.25) is 5.91 Å². The summed E-state index contributed by atoms with van der Waals surface area (Å²) in [5, 5.41) is 11.7. The summed E-state index contributed by atoms with van der Waals surface area (Å²) in [4.78, 5) is 11.6. The first-order valence-electron chi connectivity index (χ1n) is 6.53. The maximum atomic E-state index is 11.6. The van der Waals surface area contributed by atoms with Crippen LogP contribution in [-0.2, 0) is 4.79 Å². The lowest BCUT2D eigenvalue weighted by atomic mass is 9.79. The summed E-state index contributed by atoms with van der Waals surface area (Å²) in [6.07, 6.45) is 5.54. The molecule has 3 atom stereocenters. The largest absolute Gasteiger partial charge is 0.396 e. The number of nitrogens with one attached hydrogen (secondary N) is 1. The lowest BCUT2D eigenvalue weighted by Gasteiger charge is -2.32. The molecule has 0 bridgehead atoms. The molecule has 3 heteroatoms. The first-order chi connectivity index (χ1) is 7.63. The van der Waals surface area contributed by atoms with Crippen LogP contribution in [0.15, 0.2) is 0 Å². The molecule has 2 N–H and O–H groups in total. The number of rotatable bonds is 5. The second kappa shape index (κ2) is 6.89. The van der Waals surface area contributed by atoms with Gasteiger partial charge < -0.3 is 10.4 Å². The smallest absolute Gasteiger partial charge is 0.220 e. The Morgan fingerprint density at radius 3 is 2.62 bits per heavy atom. The van der Waals surface area contributed by atoms with E-state index in [1.54, 1.807) is 0 Å². The molecule has 0 aliphatic heterocycles. The molecule has 1 amide bonds. The molecular formula is C13H25NO2. The van der Waals surface area contributed by atoms with Crippen LogP contribution in [0.4, 0.5) is 0 Å². The van der Waals surface area contributed by atoms with Crippen LogP contribution < -0.4 is 5.32 Å². The quantitative estimate of drug-likeness (QED) is 0.707. The number of carbonyl (C=O) groups is 1. The minimum Gasteiger partial charge on any atom is -0.396 e. The van der Waals surface area contributed by atoms with Crippen molar-refractivity contribution in [1.82, 2.24) is 5.32 Å². The highest BCUT2D eigenvalue weighted by molar-refractivity contribution is 5.76. The summed E-state index contributed by atoms with van der Waals surface area (Å²) >= 11 is 0. The molecule has 1 fully saturated rings. The topological polar surface area (TPSA) is 49.3 Å². The molecular weight excluding hydrogens is 202 g/mol. The van der Waals surface area contributed by atoms with Crippen LogP contribution in [0.3, 0.4) is 0 Å². The van der Waals surface area contributed by atoms with Gasteiger partial charge in [-0.1, -0.05) is 13.8 Å². The predicted molar refractivity (Wildman–Crippen MR) is 65.0 cm³/mol. The molecule has 3 unspecified atom stereocenters. The summed E-state index contributed by atoms with van der Waals surface area (Å²) in [7, 11) is 0. The van der Waals surface area contributed by atoms with Crippen LogP contribution >= 0.6 is 0 Å². The van der Waals surface area contributed by atoms with E-state index in [0.29, 0.717) is 12.5 Å². The highest BCUT2D eigenvalue weighted by Gasteiger charge is 2.25. The SMILES string of the molecule is CC1CCC(NC(=O)CCCCO)CC1C. The minimum absolute atomic E-state index is 0.153. The summed E-state index contributed by atoms with van der Waals surface area (Å²) in [6, 6.07) is 0.382. The molecule has 1 rings (SSSR count). The lowest BCUT2D eigenvalue weighted by Crippen LogP contribution is -2.39. The van der Waals surface area contributed by atoms with Crippen LogP contribution in [0.1, 0.15) is 52.4 Å². The molecule has 1 saturated carbocycles. The van der Waals surface area contributed by atoms with Crippen molar-refractivity contribution in [3.05, 3.63) is 0 Å². The van der Waals surface area contributed by atoms with Crippen LogP contribution in [0.25, 0.3) is 0 Å². The number of aliphatic hydroxyl groups excluding tert-OH is 1. The molecule has 0 spiro atoms. The van der Waals surface area contributed by atoms with Crippen LogP contribution in [0.5, 0.6) is 0 Å². The number of aliphatic hydroxyl groups is 1. The Labute approximate surface area is 98.6 Å². The van der Waals surface area contributed by atoms with E-state index >= 15 is 0 Å². The van der Waals surface area contributed by atoms with Gasteiger partial charge in [0, 0.05) is 19.1 Å². The summed E-state index contributed by atoms with van der Waals surface area (Å²) in [5.74, 6) is 1.67. The zero-order chi connectivity index (χ0) is 12.0. The fourth-order valence-electron chi connectivity index (χ4n) is 2.38. The number of unbranched alkanes of at least 4 members (excludes halogenated alkanes) is 1. The van der Waals surface area contributed by atoms with E-state index in [1.165, 1.54) is 6.42 Å². The highest BCUT2D eigenvalue weighted by Crippen LogP contribution is 2.29. The maximum Gasteiger partial charge on any atom is 0.220 e. The third kappa shape index (κ3) is 4.52. The molecule has 3 nitrogen and oxygen atoms in total. The third-order valence-corrected chi connectivity index (χ3v) is 3.78. The van der Waals surface area contributed by atoms with Gasteiger partial charge in [0.25, 0.3) is 0 Å². The van der Waals surface area contributed by atoms with Gasteiger partial charge in [-0.15, -0.1) is 0 Å². The lowest BCUT2D eigenvalue weighted by molar-refractivity contribution is -0.122. The van der Waals surface area contributed by atoms with Gasteiger partial charge in [-0.2, -0.15) is 0 Å². The molecule has 0 aromatic rings. The Kier molecular flexibility index (Phi) is 5.81. The van der Waals surface area contributed by atoms with Crippen molar-refractivity contribution in [2.24, 2.45) is 11.8 Å². The van der Waals surface area contributed by atoms with Gasteiger partial charge in [-0.3, -0.25) is 4.79 Å². The van der Waals surface area contributed by atoms with E-state index in [1.807, 2.05) is 0 Å². The maximum absolute atomic E-state index is 11.6. The number of hydrogen-bond donors (Lipinski definition) is 2. The Morgan fingerprint density at radius 1 is 1.25 bits per heavy atom. The normalized spacial score (nSPS) is 30.1.